The molecule has 2 unspecified atom stereocenters. The zero-order valence-corrected chi connectivity index (χ0v) is 23.1. The first kappa shape index (κ1) is 28.8. The summed E-state index contributed by atoms with van der Waals surface area (Å²) in [7, 11) is 6.38. The number of amides is 1. The number of benzene rings is 2. The highest BCUT2D eigenvalue weighted by atomic mass is 19.4. The summed E-state index contributed by atoms with van der Waals surface area (Å²) in [6.45, 7) is 4.02. The van der Waals surface area contributed by atoms with Gasteiger partial charge in [-0.2, -0.15) is 18.3 Å². The Morgan fingerprint density at radius 2 is 1.85 bits per heavy atom. The summed E-state index contributed by atoms with van der Waals surface area (Å²) in [6, 6.07) is 8.26. The van der Waals surface area contributed by atoms with Crippen LogP contribution >= 0.6 is 0 Å². The number of halogens is 3. The molecule has 2 heterocycles. The van der Waals surface area contributed by atoms with Crippen molar-refractivity contribution < 1.29 is 27.4 Å². The molecule has 0 saturated carbocycles. The maximum Gasteiger partial charge on any atom is 0.416 e. The molecule has 1 N–H and O–H groups in total. The van der Waals surface area contributed by atoms with E-state index in [1.165, 1.54) is 7.11 Å². The van der Waals surface area contributed by atoms with Gasteiger partial charge in [-0.25, -0.2) is 5.01 Å². The number of rotatable bonds is 8. The van der Waals surface area contributed by atoms with Crippen LogP contribution in [-0.4, -0.2) is 50.1 Å². The van der Waals surface area contributed by atoms with Crippen molar-refractivity contribution in [2.24, 2.45) is 10.3 Å². The number of hydrogen-bond acceptors (Lipinski definition) is 8. The number of anilines is 2. The van der Waals surface area contributed by atoms with Crippen LogP contribution < -0.4 is 19.8 Å². The Hall–Kier alpha value is -4.19. The van der Waals surface area contributed by atoms with E-state index in [4.69, 9.17) is 9.47 Å². The maximum absolute atomic E-state index is 13.7. The van der Waals surface area contributed by atoms with Crippen molar-refractivity contribution in [2.45, 2.75) is 38.7 Å². The monoisotopic (exact) mass is 556 g/mol. The molecule has 9 nitrogen and oxygen atoms in total. The van der Waals surface area contributed by atoms with Gasteiger partial charge in [-0.15, -0.1) is 0 Å². The summed E-state index contributed by atoms with van der Waals surface area (Å²) in [5, 5.41) is 13.1. The third-order valence-electron chi connectivity index (χ3n) is 6.58. The van der Waals surface area contributed by atoms with E-state index in [-0.39, 0.29) is 35.6 Å². The fraction of sp³-hybridized carbons (Fsp3) is 0.357. The third kappa shape index (κ3) is 6.01. The van der Waals surface area contributed by atoms with E-state index < -0.39 is 17.6 Å². The molecule has 1 aromatic heterocycles. The molecule has 1 aliphatic rings. The molecule has 4 rings (SSSR count). The molecule has 0 fully saturated rings. The van der Waals surface area contributed by atoms with Crippen molar-refractivity contribution >= 4 is 17.3 Å². The quantitative estimate of drug-likeness (QED) is 0.363. The SMILES string of the molecule is COc1cncc(C2N=NN(c3cc(C(=O)Nc4cc(C(F)(F)F)cc(CN(C)C)c4OC)ccc3C)C2C)c1. The van der Waals surface area contributed by atoms with Gasteiger partial charge in [0.1, 0.15) is 17.5 Å². The van der Waals surface area contributed by atoms with Crippen LogP contribution in [-0.2, 0) is 12.7 Å². The highest BCUT2D eigenvalue weighted by Gasteiger charge is 2.34. The number of nitrogens with zero attached hydrogens (tertiary/aromatic N) is 5. The van der Waals surface area contributed by atoms with Crippen LogP contribution in [0.3, 0.4) is 0 Å². The van der Waals surface area contributed by atoms with E-state index >= 15 is 0 Å². The minimum absolute atomic E-state index is 0.0684. The molecule has 3 aromatic rings. The largest absolute Gasteiger partial charge is 0.495 e. The summed E-state index contributed by atoms with van der Waals surface area (Å²) in [4.78, 5) is 19.3. The van der Waals surface area contributed by atoms with Crippen LogP contribution in [0.5, 0.6) is 11.5 Å². The van der Waals surface area contributed by atoms with E-state index in [1.54, 1.807) is 61.7 Å². The van der Waals surface area contributed by atoms with Crippen LogP contribution in [0.2, 0.25) is 0 Å². The zero-order valence-electron chi connectivity index (χ0n) is 23.1. The number of carbonyl (C=O) groups is 1. The van der Waals surface area contributed by atoms with Crippen molar-refractivity contribution in [3.05, 3.63) is 76.6 Å². The molecule has 0 bridgehead atoms. The molecular weight excluding hydrogens is 525 g/mol. The van der Waals surface area contributed by atoms with E-state index in [2.05, 4.69) is 20.6 Å². The van der Waals surface area contributed by atoms with Gasteiger partial charge in [-0.05, 0) is 63.8 Å². The lowest BCUT2D eigenvalue weighted by atomic mass is 10.0. The average molecular weight is 557 g/mol. The molecule has 212 valence electrons. The maximum atomic E-state index is 13.7. The minimum Gasteiger partial charge on any atom is -0.495 e. The number of methoxy groups -OCH3 is 2. The minimum atomic E-state index is -4.60. The molecule has 2 atom stereocenters. The number of nitrogens with one attached hydrogen (secondary N) is 1. The Balaban J connectivity index is 1.64. The van der Waals surface area contributed by atoms with Gasteiger partial charge in [-0.1, -0.05) is 11.3 Å². The lowest BCUT2D eigenvalue weighted by Gasteiger charge is -2.24. The third-order valence-corrected chi connectivity index (χ3v) is 6.58. The zero-order chi connectivity index (χ0) is 29.2. The number of carbonyl (C=O) groups excluding carboxylic acids is 1. The number of ether oxygens (including phenoxy) is 2. The van der Waals surface area contributed by atoms with Gasteiger partial charge in [0, 0.05) is 29.4 Å². The van der Waals surface area contributed by atoms with Gasteiger partial charge >= 0.3 is 6.18 Å². The van der Waals surface area contributed by atoms with Gasteiger partial charge < -0.3 is 19.7 Å². The summed E-state index contributed by atoms with van der Waals surface area (Å²) in [6.07, 6.45) is -1.29. The topological polar surface area (TPSA) is 91.7 Å². The van der Waals surface area contributed by atoms with E-state index in [1.807, 2.05) is 19.9 Å². The van der Waals surface area contributed by atoms with E-state index in [0.29, 0.717) is 17.0 Å². The summed E-state index contributed by atoms with van der Waals surface area (Å²) in [5.41, 5.74) is 1.91. The second-order valence-electron chi connectivity index (χ2n) is 9.80. The van der Waals surface area contributed by atoms with Gasteiger partial charge in [0.2, 0.25) is 0 Å². The second kappa shape index (κ2) is 11.5. The van der Waals surface area contributed by atoms with Crippen molar-refractivity contribution in [1.82, 2.24) is 9.88 Å². The van der Waals surface area contributed by atoms with Gasteiger partial charge in [-0.3, -0.25) is 9.78 Å². The number of aromatic nitrogens is 1. The van der Waals surface area contributed by atoms with Crippen molar-refractivity contribution in [3.8, 4) is 11.5 Å². The van der Waals surface area contributed by atoms with Crippen LogP contribution in [0.15, 0.2) is 59.1 Å². The van der Waals surface area contributed by atoms with Crippen molar-refractivity contribution in [1.29, 1.82) is 0 Å². The molecule has 0 radical (unpaired) electrons. The van der Waals surface area contributed by atoms with Gasteiger partial charge in [0.05, 0.1) is 43.4 Å². The highest BCUT2D eigenvalue weighted by molar-refractivity contribution is 6.06. The lowest BCUT2D eigenvalue weighted by molar-refractivity contribution is -0.137. The molecule has 1 amide bonds. The molecular formula is C28H31F3N6O3. The van der Waals surface area contributed by atoms with Crippen LogP contribution in [0.4, 0.5) is 24.5 Å². The lowest BCUT2D eigenvalue weighted by Crippen LogP contribution is -2.28. The number of alkyl halides is 3. The fourth-order valence-corrected chi connectivity index (χ4v) is 4.58. The molecule has 0 aliphatic carbocycles. The van der Waals surface area contributed by atoms with Gasteiger partial charge in [0.15, 0.2) is 0 Å². The summed E-state index contributed by atoms with van der Waals surface area (Å²) >= 11 is 0. The molecule has 40 heavy (non-hydrogen) atoms. The van der Waals surface area contributed by atoms with E-state index in [9.17, 15) is 18.0 Å². The highest BCUT2D eigenvalue weighted by Crippen LogP contribution is 2.40. The average Bonchev–Trinajstić information content (AvgIpc) is 3.28. The van der Waals surface area contributed by atoms with Crippen LogP contribution in [0, 0.1) is 6.92 Å². The number of pyridine rings is 1. The fourth-order valence-electron chi connectivity index (χ4n) is 4.58. The standard InChI is InChI=1S/C28H31F3N6O3/c1-16-7-8-18(11-24(16)37-17(2)25(34-35-37)19-10-22(39-5)14-32-13-19)27(38)33-23-12-21(28(29,30)31)9-20(15-36(3)4)26(23)40-6/h7-14,17,25H,15H2,1-6H3,(H,33,38). The Bertz CT molecular complexity index is 1430. The van der Waals surface area contributed by atoms with Gasteiger partial charge in [0.25, 0.3) is 5.91 Å². The molecule has 0 saturated heterocycles. The number of aryl methyl sites for hydroxylation is 1. The summed E-state index contributed by atoms with van der Waals surface area (Å²) < 4.78 is 51.8. The Labute approximate surface area is 230 Å². The van der Waals surface area contributed by atoms with Crippen LogP contribution in [0.1, 0.15) is 45.6 Å². The van der Waals surface area contributed by atoms with Crippen molar-refractivity contribution in [2.75, 3.05) is 38.6 Å². The van der Waals surface area contributed by atoms with E-state index in [0.717, 1.165) is 23.3 Å². The molecule has 1 aliphatic heterocycles. The first-order valence-corrected chi connectivity index (χ1v) is 12.5. The Morgan fingerprint density at radius 3 is 2.50 bits per heavy atom. The molecule has 0 spiro atoms. The Morgan fingerprint density at radius 1 is 1.10 bits per heavy atom. The smallest absolute Gasteiger partial charge is 0.416 e. The Kier molecular flexibility index (Phi) is 8.29. The van der Waals surface area contributed by atoms with Crippen molar-refractivity contribution in [3.63, 3.8) is 0 Å². The predicted molar refractivity (Wildman–Crippen MR) is 145 cm³/mol. The molecule has 2 aromatic carbocycles. The van der Waals surface area contributed by atoms with Crippen LogP contribution in [0.25, 0.3) is 0 Å². The normalized spacial score (nSPS) is 16.9. The second-order valence-corrected chi connectivity index (χ2v) is 9.80. The predicted octanol–water partition coefficient (Wildman–Crippen LogP) is 6.06. The number of hydrogen-bond donors (Lipinski definition) is 1. The summed E-state index contributed by atoms with van der Waals surface area (Å²) in [5.74, 6) is 0.179. The first-order chi connectivity index (χ1) is 18.9. The molecule has 12 heteroatoms. The first-order valence-electron chi connectivity index (χ1n) is 12.5.